The highest BCUT2D eigenvalue weighted by molar-refractivity contribution is 5.77. The fourth-order valence-corrected chi connectivity index (χ4v) is 4.47. The van der Waals surface area contributed by atoms with Crippen molar-refractivity contribution in [2.45, 2.75) is 20.8 Å². The summed E-state index contributed by atoms with van der Waals surface area (Å²) in [6.45, 7) is 6.11. The molecule has 0 spiro atoms. The van der Waals surface area contributed by atoms with Gasteiger partial charge in [-0.3, -0.25) is 0 Å². The average molecular weight is 535 g/mol. The maximum absolute atomic E-state index is 2.26. The first-order valence-corrected chi connectivity index (χ1v) is 14.2. The smallest absolute Gasteiger partial charge is 0.0461 e. The summed E-state index contributed by atoms with van der Waals surface area (Å²) in [7, 11) is 0. The Morgan fingerprint density at radius 3 is 0.683 bits per heavy atom. The van der Waals surface area contributed by atoms with Crippen LogP contribution < -0.4 is 9.80 Å². The van der Waals surface area contributed by atoms with Gasteiger partial charge in [-0.1, -0.05) is 123 Å². The summed E-state index contributed by atoms with van der Waals surface area (Å²) < 4.78 is 0. The maximum Gasteiger partial charge on any atom is 0.0461 e. The molecular weight excluding hydrogens is 496 g/mol. The third kappa shape index (κ3) is 7.97. The van der Waals surface area contributed by atoms with Crippen molar-refractivity contribution in [1.82, 2.24) is 0 Å². The number of rotatable bonds is 6. The first-order valence-electron chi connectivity index (χ1n) is 14.2. The predicted molar refractivity (Wildman–Crippen MR) is 178 cm³/mol. The maximum atomic E-state index is 2.26. The molecule has 0 amide bonds. The van der Waals surface area contributed by atoms with Crippen molar-refractivity contribution >= 4 is 34.1 Å². The summed E-state index contributed by atoms with van der Waals surface area (Å²) in [6, 6.07) is 60.8. The van der Waals surface area contributed by atoms with Crippen molar-refractivity contribution in [3.05, 3.63) is 181 Å². The van der Waals surface area contributed by atoms with E-state index in [0.717, 1.165) is 0 Å². The fraction of sp³-hybridized carbons (Fsp3) is 0.0769. The van der Waals surface area contributed by atoms with E-state index in [9.17, 15) is 0 Å². The molecule has 0 radical (unpaired) electrons. The second-order valence-electron chi connectivity index (χ2n) is 9.18. The van der Waals surface area contributed by atoms with Crippen LogP contribution in [0.5, 0.6) is 0 Å². The topological polar surface area (TPSA) is 6.48 Å². The largest absolute Gasteiger partial charge is 0.311 e. The Kier molecular flexibility index (Phi) is 10.9. The Balaban J connectivity index is 0.000000178. The van der Waals surface area contributed by atoms with Crippen LogP contribution in [-0.4, -0.2) is 0 Å². The summed E-state index contributed by atoms with van der Waals surface area (Å²) >= 11 is 0. The van der Waals surface area contributed by atoms with Crippen LogP contribution >= 0.6 is 0 Å². The van der Waals surface area contributed by atoms with E-state index in [0.29, 0.717) is 0 Å². The lowest BCUT2D eigenvalue weighted by Gasteiger charge is -2.25. The molecule has 2 nitrogen and oxygen atoms in total. The second-order valence-corrected chi connectivity index (χ2v) is 9.18. The first kappa shape index (κ1) is 28.9. The van der Waals surface area contributed by atoms with Crippen molar-refractivity contribution in [1.29, 1.82) is 0 Å². The van der Waals surface area contributed by atoms with Gasteiger partial charge in [0, 0.05) is 34.1 Å². The van der Waals surface area contributed by atoms with E-state index in [4.69, 9.17) is 0 Å². The van der Waals surface area contributed by atoms with E-state index in [1.165, 1.54) is 39.7 Å². The van der Waals surface area contributed by atoms with Crippen molar-refractivity contribution in [3.8, 4) is 0 Å². The van der Waals surface area contributed by atoms with Crippen LogP contribution in [0.4, 0.5) is 34.1 Å². The zero-order valence-electron chi connectivity index (χ0n) is 24.1. The third-order valence-electron chi connectivity index (χ3n) is 6.36. The molecule has 0 aromatic heterocycles. The van der Waals surface area contributed by atoms with E-state index < -0.39 is 0 Å². The minimum absolute atomic E-state index is 1.17. The lowest BCUT2D eigenvalue weighted by atomic mass is 10.1. The molecule has 6 rings (SSSR count). The van der Waals surface area contributed by atoms with Crippen LogP contribution in [0.15, 0.2) is 176 Å². The Morgan fingerprint density at radius 1 is 0.268 bits per heavy atom. The minimum atomic E-state index is 1.17. The summed E-state index contributed by atoms with van der Waals surface area (Å²) in [4.78, 5) is 4.51. The Morgan fingerprint density at radius 2 is 0.463 bits per heavy atom. The van der Waals surface area contributed by atoms with E-state index in [1.807, 2.05) is 44.2 Å². The predicted octanol–water partition coefficient (Wildman–Crippen LogP) is 11.6. The van der Waals surface area contributed by atoms with E-state index in [1.54, 1.807) is 0 Å². The number of hydrogen-bond donors (Lipinski definition) is 0. The van der Waals surface area contributed by atoms with Crippen LogP contribution in [-0.2, 0) is 0 Å². The number of hydrogen-bond acceptors (Lipinski definition) is 2. The molecule has 0 saturated heterocycles. The molecule has 2 heteroatoms. The molecular formula is C39H38N2. The normalized spacial score (nSPS) is 9.83. The van der Waals surface area contributed by atoms with Gasteiger partial charge in [0.2, 0.25) is 0 Å². The van der Waals surface area contributed by atoms with Crippen LogP contribution in [0.25, 0.3) is 0 Å². The minimum Gasteiger partial charge on any atom is -0.311 e. The van der Waals surface area contributed by atoms with Gasteiger partial charge in [-0.25, -0.2) is 0 Å². The zero-order valence-corrected chi connectivity index (χ0v) is 24.1. The molecule has 0 bridgehead atoms. The van der Waals surface area contributed by atoms with Crippen molar-refractivity contribution in [2.24, 2.45) is 0 Å². The summed E-state index contributed by atoms with van der Waals surface area (Å²) in [5.41, 5.74) is 8.28. The quantitative estimate of drug-likeness (QED) is 0.210. The Bertz CT molecular complexity index is 1380. The molecule has 6 aromatic rings. The number of anilines is 6. The van der Waals surface area contributed by atoms with Gasteiger partial charge in [0.25, 0.3) is 0 Å². The van der Waals surface area contributed by atoms with Gasteiger partial charge in [-0.15, -0.1) is 0 Å². The molecule has 204 valence electrons. The van der Waals surface area contributed by atoms with Gasteiger partial charge in [-0.05, 0) is 79.7 Å². The van der Waals surface area contributed by atoms with E-state index >= 15 is 0 Å². The summed E-state index contributed by atoms with van der Waals surface area (Å²) in [6.07, 6.45) is 0. The third-order valence-corrected chi connectivity index (χ3v) is 6.36. The lowest BCUT2D eigenvalue weighted by molar-refractivity contribution is 1.27. The molecule has 0 fully saturated rings. The average Bonchev–Trinajstić information content (AvgIpc) is 3.06. The molecule has 0 atom stereocenters. The van der Waals surface area contributed by atoms with Gasteiger partial charge in [-0.2, -0.15) is 0 Å². The fourth-order valence-electron chi connectivity index (χ4n) is 4.47. The molecule has 0 aliphatic rings. The van der Waals surface area contributed by atoms with Crippen molar-refractivity contribution in [3.63, 3.8) is 0 Å². The second kappa shape index (κ2) is 15.5. The van der Waals surface area contributed by atoms with Gasteiger partial charge in [0.05, 0.1) is 0 Å². The number of nitrogens with zero attached hydrogens (tertiary/aromatic N) is 2. The molecule has 41 heavy (non-hydrogen) atoms. The van der Waals surface area contributed by atoms with Gasteiger partial charge < -0.3 is 9.80 Å². The molecule has 6 aromatic carbocycles. The molecule has 0 N–H and O–H groups in total. The molecule has 0 heterocycles. The van der Waals surface area contributed by atoms with Crippen molar-refractivity contribution < 1.29 is 0 Å². The Labute approximate surface area is 245 Å². The zero-order chi connectivity index (χ0) is 28.7. The number of aryl methyl sites for hydroxylation is 1. The molecule has 0 aliphatic heterocycles. The highest BCUT2D eigenvalue weighted by atomic mass is 15.1. The van der Waals surface area contributed by atoms with E-state index in [-0.39, 0.29) is 0 Å². The monoisotopic (exact) mass is 534 g/mol. The Hall–Kier alpha value is -5.08. The summed E-state index contributed by atoms with van der Waals surface area (Å²) in [5, 5.41) is 0. The molecule has 0 saturated carbocycles. The van der Waals surface area contributed by atoms with E-state index in [2.05, 4.69) is 162 Å². The van der Waals surface area contributed by atoms with Crippen LogP contribution in [0.1, 0.15) is 19.4 Å². The standard InChI is InChI=1S/C19H17N.C18H15N.C2H6/c1-16-12-14-19(15-13-16)20(17-8-4-2-5-9-17)18-10-6-3-7-11-18;1-4-10-16(11-5-1)19(17-12-6-2-7-13-17)18-14-8-3-9-15-18;1-2/h2-15H,1H3;1-15H;1-2H3. The number of benzene rings is 6. The highest BCUT2D eigenvalue weighted by Gasteiger charge is 2.11. The van der Waals surface area contributed by atoms with Crippen LogP contribution in [0, 0.1) is 6.92 Å². The molecule has 0 aliphatic carbocycles. The van der Waals surface area contributed by atoms with Gasteiger partial charge in [0.1, 0.15) is 0 Å². The van der Waals surface area contributed by atoms with Gasteiger partial charge >= 0.3 is 0 Å². The van der Waals surface area contributed by atoms with Crippen molar-refractivity contribution in [2.75, 3.05) is 9.80 Å². The first-order chi connectivity index (χ1) is 20.3. The highest BCUT2D eigenvalue weighted by Crippen LogP contribution is 2.35. The molecule has 0 unspecified atom stereocenters. The van der Waals surface area contributed by atoms with Crippen LogP contribution in [0.3, 0.4) is 0 Å². The SMILES string of the molecule is CC.Cc1ccc(N(c2ccccc2)c2ccccc2)cc1.c1ccc(N(c2ccccc2)c2ccccc2)cc1. The lowest BCUT2D eigenvalue weighted by Crippen LogP contribution is -2.09. The van der Waals surface area contributed by atoms with Crippen LogP contribution in [0.2, 0.25) is 0 Å². The summed E-state index contributed by atoms with van der Waals surface area (Å²) in [5.74, 6) is 0. The number of para-hydroxylation sites is 5. The van der Waals surface area contributed by atoms with Gasteiger partial charge in [0.15, 0.2) is 0 Å².